The van der Waals surface area contributed by atoms with Crippen LogP contribution in [-0.4, -0.2) is 68.3 Å². The Labute approximate surface area is 253 Å². The minimum Gasteiger partial charge on any atom is -0.492 e. The molecule has 1 fully saturated rings. The number of benzene rings is 2. The molecule has 0 radical (unpaired) electrons. The van der Waals surface area contributed by atoms with Gasteiger partial charge in [0.25, 0.3) is 5.91 Å². The molecule has 1 saturated heterocycles. The number of nitrogens with zero attached hydrogens (tertiary/aromatic N) is 7. The fourth-order valence-corrected chi connectivity index (χ4v) is 6.62. The summed E-state index contributed by atoms with van der Waals surface area (Å²) in [7, 11) is 0. The van der Waals surface area contributed by atoms with Crippen LogP contribution in [-0.2, 0) is 5.75 Å². The number of hydrogen-bond donors (Lipinski definition) is 0. The van der Waals surface area contributed by atoms with E-state index in [4.69, 9.17) is 9.72 Å². The maximum Gasteiger partial charge on any atom is 0.273 e. The number of amides is 1. The van der Waals surface area contributed by atoms with E-state index in [1.807, 2.05) is 52.1 Å². The van der Waals surface area contributed by atoms with Crippen LogP contribution in [0.25, 0.3) is 17.1 Å². The summed E-state index contributed by atoms with van der Waals surface area (Å²) in [6.07, 6.45) is 3.54. The smallest absolute Gasteiger partial charge is 0.273 e. The lowest BCUT2D eigenvalue weighted by Gasteiger charge is -2.36. The van der Waals surface area contributed by atoms with Crippen LogP contribution in [0.3, 0.4) is 0 Å². The first kappa shape index (κ1) is 27.9. The number of ether oxygens (including phenoxy) is 1. The highest BCUT2D eigenvalue weighted by Gasteiger charge is 2.25. The first-order chi connectivity index (χ1) is 20.6. The van der Waals surface area contributed by atoms with Crippen molar-refractivity contribution in [2.24, 2.45) is 0 Å². The Balaban J connectivity index is 1.12. The molecule has 0 atom stereocenters. The molecule has 0 saturated carbocycles. The van der Waals surface area contributed by atoms with Gasteiger partial charge in [-0.2, -0.15) is 0 Å². The SMILES string of the molecule is CCOc1ccccc1N1CCN(C(=O)c2csc(CSc3nnc(-c4cccnc4)n3-c3ccc(C)cc3)n2)CC1. The Hall–Kier alpha value is -4.22. The van der Waals surface area contributed by atoms with Gasteiger partial charge in [-0.25, -0.2) is 4.98 Å². The molecule has 1 aliphatic heterocycles. The van der Waals surface area contributed by atoms with Gasteiger partial charge in [0.2, 0.25) is 0 Å². The molecule has 1 amide bonds. The van der Waals surface area contributed by atoms with Crippen molar-refractivity contribution in [2.75, 3.05) is 37.7 Å². The van der Waals surface area contributed by atoms with E-state index < -0.39 is 0 Å². The number of anilines is 1. The first-order valence-electron chi connectivity index (χ1n) is 13.9. The third kappa shape index (κ3) is 6.02. The second-order valence-electron chi connectivity index (χ2n) is 9.81. The van der Waals surface area contributed by atoms with Gasteiger partial charge < -0.3 is 14.5 Å². The van der Waals surface area contributed by atoms with Crippen LogP contribution in [0.4, 0.5) is 5.69 Å². The Bertz CT molecular complexity index is 1650. The van der Waals surface area contributed by atoms with Crippen molar-refractivity contribution in [3.05, 3.63) is 94.7 Å². The van der Waals surface area contributed by atoms with Crippen molar-refractivity contribution in [2.45, 2.75) is 24.8 Å². The summed E-state index contributed by atoms with van der Waals surface area (Å²) in [6, 6.07) is 20.2. The number of rotatable bonds is 9. The fourth-order valence-electron chi connectivity index (χ4n) is 4.88. The van der Waals surface area contributed by atoms with E-state index in [2.05, 4.69) is 57.3 Å². The zero-order valence-electron chi connectivity index (χ0n) is 23.5. The van der Waals surface area contributed by atoms with Crippen molar-refractivity contribution in [3.8, 4) is 22.8 Å². The molecule has 0 spiro atoms. The zero-order chi connectivity index (χ0) is 28.9. The van der Waals surface area contributed by atoms with Crippen LogP contribution >= 0.6 is 23.1 Å². The third-order valence-electron chi connectivity index (χ3n) is 7.01. The molecule has 0 N–H and O–H groups in total. The number of aryl methyl sites for hydroxylation is 1. The number of thioether (sulfide) groups is 1. The second-order valence-corrected chi connectivity index (χ2v) is 11.7. The number of para-hydroxylation sites is 2. The minimum absolute atomic E-state index is 0.0260. The lowest BCUT2D eigenvalue weighted by molar-refractivity contribution is 0.0741. The van der Waals surface area contributed by atoms with Gasteiger partial charge in [0.15, 0.2) is 11.0 Å². The van der Waals surface area contributed by atoms with E-state index in [1.54, 1.807) is 24.2 Å². The largest absolute Gasteiger partial charge is 0.492 e. The average Bonchev–Trinajstić information content (AvgIpc) is 3.69. The van der Waals surface area contributed by atoms with Crippen LogP contribution in [0, 0.1) is 6.92 Å². The number of hydrogen-bond acceptors (Lipinski definition) is 9. The summed E-state index contributed by atoms with van der Waals surface area (Å²) in [5, 5.41) is 12.5. The molecule has 4 heterocycles. The molecule has 1 aliphatic rings. The Morgan fingerprint density at radius 1 is 1.00 bits per heavy atom. The maximum absolute atomic E-state index is 13.3. The average molecular weight is 598 g/mol. The van der Waals surface area contributed by atoms with Crippen LogP contribution in [0.15, 0.2) is 83.6 Å². The number of pyridine rings is 1. The standard InChI is InChI=1S/C31H31N7O2S2/c1-3-40-27-9-5-4-8-26(27)36-15-17-37(18-16-36)30(39)25-20-41-28(33-25)21-42-31-35-34-29(23-7-6-14-32-19-23)38(31)24-12-10-22(2)11-13-24/h4-14,19-20H,3,15-18,21H2,1-2H3. The van der Waals surface area contributed by atoms with Crippen molar-refractivity contribution >= 4 is 34.7 Å². The highest BCUT2D eigenvalue weighted by molar-refractivity contribution is 7.98. The van der Waals surface area contributed by atoms with Crippen molar-refractivity contribution in [1.29, 1.82) is 0 Å². The highest BCUT2D eigenvalue weighted by Crippen LogP contribution is 2.31. The Morgan fingerprint density at radius 3 is 2.57 bits per heavy atom. The lowest BCUT2D eigenvalue weighted by Crippen LogP contribution is -2.49. The summed E-state index contributed by atoms with van der Waals surface area (Å²) in [6.45, 7) is 7.44. The van der Waals surface area contributed by atoms with Gasteiger partial charge in [0.1, 0.15) is 16.5 Å². The van der Waals surface area contributed by atoms with E-state index in [9.17, 15) is 4.79 Å². The summed E-state index contributed by atoms with van der Waals surface area (Å²) in [5.41, 5.74) is 4.62. The molecule has 6 rings (SSSR count). The van der Waals surface area contributed by atoms with E-state index in [1.165, 1.54) is 16.9 Å². The molecule has 0 aliphatic carbocycles. The number of carbonyl (C=O) groups excluding carboxylic acids is 1. The normalized spacial score (nSPS) is 13.4. The van der Waals surface area contributed by atoms with E-state index in [0.29, 0.717) is 31.1 Å². The topological polar surface area (TPSA) is 89.3 Å². The van der Waals surface area contributed by atoms with Crippen LogP contribution in [0.2, 0.25) is 0 Å². The predicted molar refractivity (Wildman–Crippen MR) is 167 cm³/mol. The molecule has 9 nitrogen and oxygen atoms in total. The maximum atomic E-state index is 13.3. The molecule has 3 aromatic heterocycles. The number of aromatic nitrogens is 5. The van der Waals surface area contributed by atoms with Crippen LogP contribution < -0.4 is 9.64 Å². The Kier molecular flexibility index (Phi) is 8.47. The van der Waals surface area contributed by atoms with Gasteiger partial charge in [-0.3, -0.25) is 14.3 Å². The molecular formula is C31H31N7O2S2. The second kappa shape index (κ2) is 12.7. The molecule has 2 aromatic carbocycles. The van der Waals surface area contributed by atoms with Gasteiger partial charge in [-0.05, 0) is 50.2 Å². The van der Waals surface area contributed by atoms with E-state index in [0.717, 1.165) is 51.8 Å². The zero-order valence-corrected chi connectivity index (χ0v) is 25.1. The van der Waals surface area contributed by atoms with Gasteiger partial charge in [0, 0.05) is 55.2 Å². The molecule has 42 heavy (non-hydrogen) atoms. The summed E-state index contributed by atoms with van der Waals surface area (Å²) in [5.74, 6) is 2.17. The minimum atomic E-state index is -0.0260. The van der Waals surface area contributed by atoms with Gasteiger partial charge in [0.05, 0.1) is 18.0 Å². The van der Waals surface area contributed by atoms with Crippen molar-refractivity contribution in [3.63, 3.8) is 0 Å². The quantitative estimate of drug-likeness (QED) is 0.199. The molecular weight excluding hydrogens is 567 g/mol. The van der Waals surface area contributed by atoms with Gasteiger partial charge >= 0.3 is 0 Å². The van der Waals surface area contributed by atoms with Gasteiger partial charge in [-0.15, -0.1) is 21.5 Å². The Morgan fingerprint density at radius 2 is 1.81 bits per heavy atom. The summed E-state index contributed by atoms with van der Waals surface area (Å²) in [4.78, 5) is 26.4. The first-order valence-corrected chi connectivity index (χ1v) is 15.7. The molecule has 5 aromatic rings. The summed E-state index contributed by atoms with van der Waals surface area (Å²) >= 11 is 3.05. The molecule has 0 bridgehead atoms. The third-order valence-corrected chi connectivity index (χ3v) is 8.99. The van der Waals surface area contributed by atoms with Crippen molar-refractivity contribution in [1.82, 2.24) is 29.6 Å². The van der Waals surface area contributed by atoms with Crippen molar-refractivity contribution < 1.29 is 9.53 Å². The highest BCUT2D eigenvalue weighted by atomic mass is 32.2. The fraction of sp³-hybridized carbons (Fsp3) is 0.258. The molecule has 11 heteroatoms. The number of piperazine rings is 1. The van der Waals surface area contributed by atoms with Gasteiger partial charge in [-0.1, -0.05) is 41.6 Å². The molecule has 214 valence electrons. The number of thiazole rings is 1. The lowest BCUT2D eigenvalue weighted by atomic mass is 10.2. The number of carbonyl (C=O) groups is 1. The van der Waals surface area contributed by atoms with E-state index in [-0.39, 0.29) is 5.91 Å². The van der Waals surface area contributed by atoms with Crippen LogP contribution in [0.5, 0.6) is 5.75 Å². The molecule has 0 unspecified atom stereocenters. The summed E-state index contributed by atoms with van der Waals surface area (Å²) < 4.78 is 7.85. The van der Waals surface area contributed by atoms with Crippen LogP contribution in [0.1, 0.15) is 28.0 Å². The van der Waals surface area contributed by atoms with E-state index >= 15 is 0 Å². The predicted octanol–water partition coefficient (Wildman–Crippen LogP) is 5.75. The monoisotopic (exact) mass is 597 g/mol.